The molecule has 0 spiro atoms. The van der Waals surface area contributed by atoms with Crippen molar-refractivity contribution in [2.45, 2.75) is 105 Å². The van der Waals surface area contributed by atoms with Crippen LogP contribution in [0.3, 0.4) is 0 Å². The van der Waals surface area contributed by atoms with E-state index in [4.69, 9.17) is 18.9 Å². The van der Waals surface area contributed by atoms with Crippen LogP contribution in [0.25, 0.3) is 55.5 Å². The predicted octanol–water partition coefficient (Wildman–Crippen LogP) is 13.0. The second-order valence-corrected chi connectivity index (χ2v) is 35.8. The summed E-state index contributed by atoms with van der Waals surface area (Å²) in [5.74, 6) is -1.33. The van der Waals surface area contributed by atoms with E-state index in [0.29, 0.717) is 22.3 Å². The maximum atomic E-state index is 12.5. The molecule has 8 aromatic rings. The molecule has 0 N–H and O–H groups in total. The summed E-state index contributed by atoms with van der Waals surface area (Å²) in [4.78, 5) is 57.8. The SMILES string of the molecule is CN1[CH-]N(C)c2c(-c3ccc(C(=O)OC(C)(C)C)cc3)ccc(-c3ccc(C(=O)OC(C)(C)C)cc3)c21.Cn1c[n+](C)c2c(-c3ccc(C(=O)OC(C)(C)C)cc3)ccc(-c3ccc(C(=O)OC(C)(C)C)cc3)c21.[I-].[I][Pd][I].c1ccncc1. The van der Waals surface area contributed by atoms with Crippen molar-refractivity contribution in [2.24, 2.45) is 14.1 Å². The Kier molecular flexibility index (Phi) is 24.3. The fourth-order valence-corrected chi connectivity index (χ4v) is 9.07. The molecule has 0 bridgehead atoms. The van der Waals surface area contributed by atoms with Gasteiger partial charge < -0.3 is 52.7 Å². The summed E-state index contributed by atoms with van der Waals surface area (Å²) >= 11 is 4.65. The van der Waals surface area contributed by atoms with Crippen LogP contribution in [0, 0.1) is 6.67 Å². The molecule has 17 heteroatoms. The number of hydrogen-bond donors (Lipinski definition) is 0. The van der Waals surface area contributed by atoms with Crippen LogP contribution < -0.4 is 38.3 Å². The van der Waals surface area contributed by atoms with Gasteiger partial charge in [-0.2, -0.15) is 6.67 Å². The number of fused-ring (bicyclic) bond motifs is 2. The number of nitrogens with zero attached hydrogens (tertiary/aromatic N) is 5. The molecular weight excluding hydrogens is 1490 g/mol. The Labute approximate surface area is 542 Å². The quantitative estimate of drug-likeness (QED) is 0.0359. The van der Waals surface area contributed by atoms with Crippen LogP contribution in [0.5, 0.6) is 0 Å². The second kappa shape index (κ2) is 29.6. The number of pyridine rings is 1. The van der Waals surface area contributed by atoms with Gasteiger partial charge in [0.2, 0.25) is 6.33 Å². The number of halogens is 3. The molecule has 6 aromatic carbocycles. The molecule has 0 saturated carbocycles. The third-order valence-electron chi connectivity index (χ3n) is 12.3. The van der Waals surface area contributed by atoms with Gasteiger partial charge in [-0.15, -0.1) is 0 Å². The molecule has 84 heavy (non-hydrogen) atoms. The van der Waals surface area contributed by atoms with E-state index >= 15 is 0 Å². The van der Waals surface area contributed by atoms with Crippen molar-refractivity contribution in [1.82, 2.24) is 9.55 Å². The van der Waals surface area contributed by atoms with Crippen LogP contribution in [-0.2, 0) is 43.8 Å². The number of benzene rings is 6. The number of rotatable bonds is 8. The molecule has 9 rings (SSSR count). The largest absolute Gasteiger partial charge is 0.265 e. The van der Waals surface area contributed by atoms with Crippen molar-refractivity contribution >= 4 is 85.3 Å². The van der Waals surface area contributed by atoms with Crippen LogP contribution >= 0.6 is 39.0 Å². The van der Waals surface area contributed by atoms with Gasteiger partial charge in [-0.05, 0) is 192 Å². The Morgan fingerprint density at radius 1 is 0.452 bits per heavy atom. The Morgan fingerprint density at radius 2 is 0.726 bits per heavy atom. The van der Waals surface area contributed by atoms with Crippen LogP contribution in [0.15, 0.2) is 158 Å². The number of esters is 4. The number of aryl methyl sites for hydroxylation is 2. The monoisotopic (exact) mass is 1560 g/mol. The Balaban J connectivity index is 0.000000265. The first kappa shape index (κ1) is 69.0. The predicted molar refractivity (Wildman–Crippen MR) is 346 cm³/mol. The van der Waals surface area contributed by atoms with E-state index in [1.54, 1.807) is 12.4 Å². The van der Waals surface area contributed by atoms with Gasteiger partial charge in [-0.1, -0.05) is 66.7 Å². The smallest absolute Gasteiger partial charge is 0.0267 e. The maximum Gasteiger partial charge on any atom is 0.0267 e. The zero-order valence-corrected chi connectivity index (χ0v) is 58.6. The zero-order chi connectivity index (χ0) is 61.2. The number of carbonyl (C=O) groups excluding carboxylic acids is 4. The van der Waals surface area contributed by atoms with Crippen LogP contribution in [0.1, 0.15) is 125 Å². The van der Waals surface area contributed by atoms with Gasteiger partial charge in [0.25, 0.3) is 0 Å². The third-order valence-corrected chi connectivity index (χ3v) is 12.3. The number of hydrogen-bond acceptors (Lipinski definition) is 11. The number of ether oxygens (including phenoxy) is 4. The van der Waals surface area contributed by atoms with Crippen molar-refractivity contribution in [3.05, 3.63) is 187 Å². The van der Waals surface area contributed by atoms with E-state index in [1.807, 2.05) is 240 Å². The van der Waals surface area contributed by atoms with Crippen LogP contribution in [0.4, 0.5) is 11.4 Å². The minimum atomic E-state index is -0.541. The molecule has 0 saturated heterocycles. The average molecular weight is 1570 g/mol. The fraction of sp³-hybridized carbons (Fsp3) is 0.299. The summed E-state index contributed by atoms with van der Waals surface area (Å²) in [5.41, 5.74) is 12.5. The normalized spacial score (nSPS) is 12.0. The average Bonchev–Trinajstić information content (AvgIpc) is 2.02. The molecule has 0 fully saturated rings. The molecule has 3 heterocycles. The fourth-order valence-electron chi connectivity index (χ4n) is 9.07. The minimum absolute atomic E-state index is 0. The number of imidazole rings is 1. The Hall–Kier alpha value is -5.73. The molecule has 1 aliphatic rings. The van der Waals surface area contributed by atoms with E-state index in [9.17, 15) is 19.2 Å². The summed E-state index contributed by atoms with van der Waals surface area (Å²) in [5, 5.41) is 0. The van der Waals surface area contributed by atoms with E-state index in [-0.39, 0.29) is 47.9 Å². The van der Waals surface area contributed by atoms with Crippen molar-refractivity contribution in [2.75, 3.05) is 23.9 Å². The summed E-state index contributed by atoms with van der Waals surface area (Å²) in [7, 11) is 8.99. The summed E-state index contributed by atoms with van der Waals surface area (Å²) in [6.07, 6.45) is 5.54. The summed E-state index contributed by atoms with van der Waals surface area (Å²) < 4.78 is 26.2. The molecule has 0 amide bonds. The minimum Gasteiger partial charge on any atom is -0.265 e. The zero-order valence-electron chi connectivity index (χ0n) is 50.5. The van der Waals surface area contributed by atoms with Crippen LogP contribution in [0.2, 0.25) is 0 Å². The molecule has 448 valence electrons. The molecular formula is C67H75I3N5O8Pd-. The van der Waals surface area contributed by atoms with E-state index in [1.165, 1.54) is 0 Å². The van der Waals surface area contributed by atoms with E-state index in [0.717, 1.165) is 77.7 Å². The summed E-state index contributed by atoms with van der Waals surface area (Å²) in [6, 6.07) is 44.2. The first-order chi connectivity index (χ1) is 38.9. The van der Waals surface area contributed by atoms with E-state index < -0.39 is 22.4 Å². The van der Waals surface area contributed by atoms with Gasteiger partial charge in [-0.25, -0.2) is 28.3 Å². The molecule has 0 radical (unpaired) electrons. The molecule has 0 atom stereocenters. The van der Waals surface area contributed by atoms with E-state index in [2.05, 4.69) is 87.2 Å². The topological polar surface area (TPSA) is 133 Å². The standard InChI is InChI=1S/2C31H35N2O4.C5H5N.3HI.Pd/c2*1-30(2,3)36-28(34)22-13-9-20(10-14-22)24-17-18-25(27-26(24)32(7)19-33(27)8)21-11-15-23(16-12-21)29(35)37-31(4,5)6;1-2-4-6-5-3-1;;;;/h2*9-19H,1-8H3;1-5H;3*1H;/q-1;+1;;;;;+2/p-3. The van der Waals surface area contributed by atoms with Gasteiger partial charge in [0.15, 0.2) is 11.0 Å². The van der Waals surface area contributed by atoms with Crippen molar-refractivity contribution in [1.29, 1.82) is 0 Å². The second-order valence-electron chi connectivity index (χ2n) is 23.8. The molecule has 13 nitrogen and oxygen atoms in total. The van der Waals surface area contributed by atoms with Gasteiger partial charge in [0.05, 0.1) is 36.3 Å². The molecule has 2 aromatic heterocycles. The maximum absolute atomic E-state index is 12.5. The van der Waals surface area contributed by atoms with Gasteiger partial charge in [-0.3, -0.25) is 4.98 Å². The first-order valence-corrected chi connectivity index (χ1v) is 36.1. The van der Waals surface area contributed by atoms with Crippen molar-refractivity contribution in [3.63, 3.8) is 0 Å². The number of anilines is 2. The summed E-state index contributed by atoms with van der Waals surface area (Å²) in [6.45, 7) is 24.4. The first-order valence-electron chi connectivity index (χ1n) is 26.9. The van der Waals surface area contributed by atoms with Gasteiger partial charge in [0, 0.05) is 46.0 Å². The third kappa shape index (κ3) is 19.1. The molecule has 1 aliphatic heterocycles. The number of aromatic nitrogens is 3. The van der Waals surface area contributed by atoms with Crippen molar-refractivity contribution < 1.29 is 77.4 Å². The van der Waals surface area contributed by atoms with Gasteiger partial charge >= 0.3 is 73.7 Å². The molecule has 0 unspecified atom stereocenters. The Bertz CT molecular complexity index is 3290. The Morgan fingerprint density at radius 3 is 1.00 bits per heavy atom. The van der Waals surface area contributed by atoms with Gasteiger partial charge in [0.1, 0.15) is 22.4 Å². The number of carbonyl (C=O) groups is 4. The molecule has 0 aliphatic carbocycles. The van der Waals surface area contributed by atoms with Crippen molar-refractivity contribution in [3.8, 4) is 44.5 Å². The van der Waals surface area contributed by atoms with Crippen LogP contribution in [-0.4, -0.2) is 69.9 Å².